The molecule has 0 aliphatic carbocycles. The molecule has 1 aromatic carbocycles. The van der Waals surface area contributed by atoms with E-state index >= 15 is 0 Å². The number of rotatable bonds is 3. The Morgan fingerprint density at radius 1 is 1.00 bits per heavy atom. The summed E-state index contributed by atoms with van der Waals surface area (Å²) in [5.74, 6) is 0.217. The van der Waals surface area contributed by atoms with Crippen LogP contribution in [0.25, 0.3) is 0 Å². The first-order valence-electron chi connectivity index (χ1n) is 7.04. The zero-order chi connectivity index (χ0) is 16.5. The van der Waals surface area contributed by atoms with Crippen LogP contribution in [0, 0.1) is 13.8 Å². The Morgan fingerprint density at radius 2 is 1.68 bits per heavy atom. The van der Waals surface area contributed by atoms with Crippen LogP contribution in [0.4, 0.5) is 5.82 Å². The van der Waals surface area contributed by atoms with Crippen LogP contribution < -0.4 is 4.72 Å². The maximum atomic E-state index is 12.5. The largest absolute Gasteiger partial charge is 0.263 e. The second-order valence-electron chi connectivity index (χ2n) is 6.43. The summed E-state index contributed by atoms with van der Waals surface area (Å²) in [7, 11) is -3.67. The van der Waals surface area contributed by atoms with E-state index in [1.54, 1.807) is 31.2 Å². The molecule has 0 aliphatic heterocycles. The molecule has 0 atom stereocenters. The van der Waals surface area contributed by atoms with Crippen molar-refractivity contribution in [1.82, 2.24) is 10.2 Å². The molecule has 0 saturated heterocycles. The lowest BCUT2D eigenvalue weighted by atomic mass is 9.92. The van der Waals surface area contributed by atoms with Crippen LogP contribution in [-0.4, -0.2) is 18.6 Å². The van der Waals surface area contributed by atoms with Crippen molar-refractivity contribution in [2.45, 2.75) is 44.9 Å². The van der Waals surface area contributed by atoms with Crippen molar-refractivity contribution in [3.8, 4) is 0 Å². The minimum absolute atomic E-state index is 0.127. The van der Waals surface area contributed by atoms with Gasteiger partial charge in [-0.1, -0.05) is 32.9 Å². The Kier molecular flexibility index (Phi) is 4.24. The molecule has 2 rings (SSSR count). The number of aryl methyl sites for hydroxylation is 2. The highest BCUT2D eigenvalue weighted by Gasteiger charge is 2.19. The van der Waals surface area contributed by atoms with Crippen LogP contribution in [-0.2, 0) is 15.4 Å². The first kappa shape index (κ1) is 16.4. The molecule has 0 saturated carbocycles. The highest BCUT2D eigenvalue weighted by molar-refractivity contribution is 7.92. The van der Waals surface area contributed by atoms with E-state index in [0.29, 0.717) is 5.56 Å². The lowest BCUT2D eigenvalue weighted by Gasteiger charge is -2.17. The van der Waals surface area contributed by atoms with Crippen molar-refractivity contribution in [3.05, 3.63) is 47.2 Å². The van der Waals surface area contributed by atoms with Gasteiger partial charge in [-0.15, -0.1) is 5.10 Å². The summed E-state index contributed by atoms with van der Waals surface area (Å²) in [6.07, 6.45) is 0. The van der Waals surface area contributed by atoms with Gasteiger partial charge in [0.05, 0.1) is 10.6 Å². The average Bonchev–Trinajstić information content (AvgIpc) is 2.40. The summed E-state index contributed by atoms with van der Waals surface area (Å²) in [5.41, 5.74) is 2.26. The first-order chi connectivity index (χ1) is 10.1. The van der Waals surface area contributed by atoms with Gasteiger partial charge in [-0.3, -0.25) is 4.72 Å². The quantitative estimate of drug-likeness (QED) is 0.943. The van der Waals surface area contributed by atoms with E-state index in [1.807, 2.05) is 33.8 Å². The molecule has 5 nitrogen and oxygen atoms in total. The number of anilines is 1. The maximum absolute atomic E-state index is 12.5. The number of nitrogens with one attached hydrogen (secondary N) is 1. The second-order valence-corrected chi connectivity index (χ2v) is 8.08. The molecule has 1 heterocycles. The van der Waals surface area contributed by atoms with Crippen LogP contribution in [0.1, 0.15) is 37.6 Å². The first-order valence-corrected chi connectivity index (χ1v) is 8.52. The van der Waals surface area contributed by atoms with Gasteiger partial charge >= 0.3 is 0 Å². The van der Waals surface area contributed by atoms with Gasteiger partial charge in [-0.05, 0) is 43.2 Å². The summed E-state index contributed by atoms with van der Waals surface area (Å²) >= 11 is 0. The predicted molar refractivity (Wildman–Crippen MR) is 87.5 cm³/mol. The van der Waals surface area contributed by atoms with Crippen molar-refractivity contribution in [3.63, 3.8) is 0 Å². The Bertz CT molecular complexity index is 776. The molecule has 0 fully saturated rings. The Morgan fingerprint density at radius 3 is 2.23 bits per heavy atom. The molecule has 0 unspecified atom stereocenters. The van der Waals surface area contributed by atoms with Crippen LogP contribution in [0.5, 0.6) is 0 Å². The lowest BCUT2D eigenvalue weighted by Crippen LogP contribution is -2.18. The highest BCUT2D eigenvalue weighted by Crippen LogP contribution is 2.22. The summed E-state index contributed by atoms with van der Waals surface area (Å²) in [4.78, 5) is 0.259. The van der Waals surface area contributed by atoms with E-state index in [1.165, 1.54) is 0 Å². The van der Waals surface area contributed by atoms with Gasteiger partial charge in [-0.25, -0.2) is 8.42 Å². The molecule has 0 spiro atoms. The number of hydrogen-bond acceptors (Lipinski definition) is 4. The Labute approximate surface area is 131 Å². The molecule has 118 valence electrons. The van der Waals surface area contributed by atoms with Crippen molar-refractivity contribution < 1.29 is 8.42 Å². The third kappa shape index (κ3) is 3.62. The van der Waals surface area contributed by atoms with Gasteiger partial charge in [-0.2, -0.15) is 5.10 Å². The number of aromatic nitrogens is 2. The molecule has 0 aliphatic rings. The van der Waals surface area contributed by atoms with Gasteiger partial charge in [0.15, 0.2) is 5.82 Å². The van der Waals surface area contributed by atoms with Crippen molar-refractivity contribution in [2.24, 2.45) is 0 Å². The Hall–Kier alpha value is -1.95. The van der Waals surface area contributed by atoms with Crippen molar-refractivity contribution >= 4 is 15.8 Å². The third-order valence-electron chi connectivity index (χ3n) is 3.31. The molecule has 2 aromatic rings. The molecular weight excluding hydrogens is 298 g/mol. The van der Waals surface area contributed by atoms with Gasteiger partial charge in [0, 0.05) is 5.41 Å². The van der Waals surface area contributed by atoms with Crippen molar-refractivity contribution in [1.29, 1.82) is 0 Å². The van der Waals surface area contributed by atoms with Crippen LogP contribution in [0.2, 0.25) is 0 Å². The lowest BCUT2D eigenvalue weighted by molar-refractivity contribution is 0.559. The van der Waals surface area contributed by atoms with E-state index < -0.39 is 10.0 Å². The van der Waals surface area contributed by atoms with E-state index in [9.17, 15) is 8.42 Å². The minimum Gasteiger partial charge on any atom is -0.262 e. The van der Waals surface area contributed by atoms with Crippen LogP contribution in [0.15, 0.2) is 35.2 Å². The zero-order valence-corrected chi connectivity index (χ0v) is 14.3. The van der Waals surface area contributed by atoms with Gasteiger partial charge < -0.3 is 0 Å². The normalized spacial score (nSPS) is 12.2. The fourth-order valence-corrected chi connectivity index (χ4v) is 3.30. The molecule has 0 radical (unpaired) electrons. The predicted octanol–water partition coefficient (Wildman–Crippen LogP) is 3.19. The minimum atomic E-state index is -3.67. The Balaban J connectivity index is 2.31. The number of hydrogen-bond donors (Lipinski definition) is 1. The smallest absolute Gasteiger partial charge is 0.262 e. The molecule has 0 amide bonds. The van der Waals surface area contributed by atoms with Crippen molar-refractivity contribution in [2.75, 3.05) is 4.72 Å². The highest BCUT2D eigenvalue weighted by atomic mass is 32.2. The van der Waals surface area contributed by atoms with E-state index in [4.69, 9.17) is 0 Å². The summed E-state index contributed by atoms with van der Waals surface area (Å²) in [5, 5.41) is 8.06. The van der Waals surface area contributed by atoms with E-state index in [-0.39, 0.29) is 16.1 Å². The fourth-order valence-electron chi connectivity index (χ4n) is 1.98. The van der Waals surface area contributed by atoms with Gasteiger partial charge in [0.1, 0.15) is 0 Å². The number of benzene rings is 1. The topological polar surface area (TPSA) is 72.0 Å². The third-order valence-corrected chi connectivity index (χ3v) is 4.80. The van der Waals surface area contributed by atoms with E-state index in [0.717, 1.165) is 11.3 Å². The van der Waals surface area contributed by atoms with Gasteiger partial charge in [0.25, 0.3) is 10.0 Å². The van der Waals surface area contributed by atoms with Crippen LogP contribution >= 0.6 is 0 Å². The summed E-state index contributed by atoms with van der Waals surface area (Å²) < 4.78 is 27.4. The average molecular weight is 319 g/mol. The molecule has 6 heteroatoms. The summed E-state index contributed by atoms with van der Waals surface area (Å²) in [6, 6.07) is 8.74. The SMILES string of the molecule is Cc1ccc(C)c(S(=O)(=O)Nc2ccc(C(C)(C)C)nn2)c1. The fraction of sp³-hybridized carbons (Fsp3) is 0.375. The molecule has 22 heavy (non-hydrogen) atoms. The maximum Gasteiger partial charge on any atom is 0.263 e. The molecule has 1 N–H and O–H groups in total. The second kappa shape index (κ2) is 5.68. The molecule has 1 aromatic heterocycles. The number of nitrogens with zero attached hydrogens (tertiary/aromatic N) is 2. The molecule has 0 bridgehead atoms. The summed E-state index contributed by atoms with van der Waals surface area (Å²) in [6.45, 7) is 9.70. The number of sulfonamides is 1. The standard InChI is InChI=1S/C16H21N3O2S/c1-11-6-7-12(2)13(10-11)22(20,21)19-15-9-8-14(17-18-15)16(3,4)5/h6-10H,1-5H3,(H,18,19). The molecular formula is C16H21N3O2S. The van der Waals surface area contributed by atoms with E-state index in [2.05, 4.69) is 14.9 Å². The zero-order valence-electron chi connectivity index (χ0n) is 13.5. The van der Waals surface area contributed by atoms with Gasteiger partial charge in [0.2, 0.25) is 0 Å². The monoisotopic (exact) mass is 319 g/mol. The van der Waals surface area contributed by atoms with Crippen LogP contribution in [0.3, 0.4) is 0 Å².